The van der Waals surface area contributed by atoms with Gasteiger partial charge in [-0.2, -0.15) is 0 Å². The van der Waals surface area contributed by atoms with E-state index in [1.165, 1.54) is 18.4 Å². The highest BCUT2D eigenvalue weighted by molar-refractivity contribution is 5.09. The van der Waals surface area contributed by atoms with Crippen LogP contribution in [0.3, 0.4) is 0 Å². The van der Waals surface area contributed by atoms with Crippen molar-refractivity contribution < 1.29 is 0 Å². The van der Waals surface area contributed by atoms with E-state index in [0.29, 0.717) is 6.04 Å². The van der Waals surface area contributed by atoms with Gasteiger partial charge in [-0.1, -0.05) is 0 Å². The van der Waals surface area contributed by atoms with E-state index in [1.807, 2.05) is 0 Å². The molecule has 1 N–H and O–H groups in total. The van der Waals surface area contributed by atoms with E-state index in [0.717, 1.165) is 12.5 Å². The van der Waals surface area contributed by atoms with Crippen molar-refractivity contribution in [3.63, 3.8) is 0 Å². The molecule has 1 aromatic heterocycles. The van der Waals surface area contributed by atoms with Crippen LogP contribution in [-0.4, -0.2) is 10.6 Å². The summed E-state index contributed by atoms with van der Waals surface area (Å²) in [7, 11) is 2.06. The predicted octanol–water partition coefficient (Wildman–Crippen LogP) is 1.91. The van der Waals surface area contributed by atoms with Crippen LogP contribution in [0.25, 0.3) is 0 Å². The molecule has 0 radical (unpaired) electrons. The standard InChI is InChI=1S/C11H18N2/c1-9(11-3-4-11)12-7-10-5-6-13(2)8-10/h5-6,8-9,11-12H,3-4,7H2,1-2H3. The Balaban J connectivity index is 1.78. The summed E-state index contributed by atoms with van der Waals surface area (Å²) in [6.45, 7) is 3.30. The number of nitrogens with one attached hydrogen (secondary N) is 1. The molecule has 1 fully saturated rings. The molecule has 0 saturated heterocycles. The molecule has 0 aliphatic heterocycles. The summed E-state index contributed by atoms with van der Waals surface area (Å²) in [4.78, 5) is 0. The number of aryl methyl sites for hydroxylation is 1. The van der Waals surface area contributed by atoms with Crippen molar-refractivity contribution in [3.8, 4) is 0 Å². The van der Waals surface area contributed by atoms with Gasteiger partial charge in [0.05, 0.1) is 0 Å². The molecule has 13 heavy (non-hydrogen) atoms. The van der Waals surface area contributed by atoms with E-state index in [4.69, 9.17) is 0 Å². The lowest BCUT2D eigenvalue weighted by Gasteiger charge is -2.11. The van der Waals surface area contributed by atoms with Gasteiger partial charge in [-0.05, 0) is 37.3 Å². The zero-order valence-corrected chi connectivity index (χ0v) is 8.46. The molecule has 1 aromatic rings. The predicted molar refractivity (Wildman–Crippen MR) is 54.4 cm³/mol. The minimum atomic E-state index is 0.695. The van der Waals surface area contributed by atoms with Crippen LogP contribution in [0.2, 0.25) is 0 Å². The Kier molecular flexibility index (Phi) is 2.40. The average molecular weight is 178 g/mol. The van der Waals surface area contributed by atoms with Crippen molar-refractivity contribution in [3.05, 3.63) is 24.0 Å². The molecule has 1 atom stereocenters. The van der Waals surface area contributed by atoms with Gasteiger partial charge in [0.2, 0.25) is 0 Å². The maximum absolute atomic E-state index is 3.56. The molecule has 1 unspecified atom stereocenters. The van der Waals surface area contributed by atoms with Crippen LogP contribution in [0.4, 0.5) is 0 Å². The Bertz CT molecular complexity index is 273. The first-order valence-electron chi connectivity index (χ1n) is 5.10. The van der Waals surface area contributed by atoms with E-state index < -0.39 is 0 Å². The van der Waals surface area contributed by atoms with Crippen molar-refractivity contribution in [1.82, 2.24) is 9.88 Å². The second kappa shape index (κ2) is 3.54. The minimum Gasteiger partial charge on any atom is -0.357 e. The zero-order chi connectivity index (χ0) is 9.26. The number of nitrogens with zero attached hydrogens (tertiary/aromatic N) is 1. The highest BCUT2D eigenvalue weighted by Gasteiger charge is 2.27. The molecule has 1 aliphatic carbocycles. The summed E-state index contributed by atoms with van der Waals surface area (Å²) >= 11 is 0. The Morgan fingerprint density at radius 1 is 1.62 bits per heavy atom. The van der Waals surface area contributed by atoms with Crippen molar-refractivity contribution >= 4 is 0 Å². The van der Waals surface area contributed by atoms with E-state index in [9.17, 15) is 0 Å². The fraction of sp³-hybridized carbons (Fsp3) is 0.636. The minimum absolute atomic E-state index is 0.695. The van der Waals surface area contributed by atoms with Crippen LogP contribution in [0.15, 0.2) is 18.5 Å². The fourth-order valence-electron chi connectivity index (χ4n) is 1.71. The van der Waals surface area contributed by atoms with Gasteiger partial charge in [0.15, 0.2) is 0 Å². The lowest BCUT2D eigenvalue weighted by molar-refractivity contribution is 0.496. The third-order valence-corrected chi connectivity index (χ3v) is 2.85. The maximum Gasteiger partial charge on any atom is 0.0223 e. The van der Waals surface area contributed by atoms with Gasteiger partial charge in [-0.15, -0.1) is 0 Å². The third-order valence-electron chi connectivity index (χ3n) is 2.85. The second-order valence-corrected chi connectivity index (χ2v) is 4.19. The Morgan fingerprint density at radius 2 is 2.38 bits per heavy atom. The summed E-state index contributed by atoms with van der Waals surface area (Å²) < 4.78 is 2.10. The molecule has 0 amide bonds. The van der Waals surface area contributed by atoms with Crippen LogP contribution in [0.1, 0.15) is 25.3 Å². The summed E-state index contributed by atoms with van der Waals surface area (Å²) in [6, 6.07) is 2.87. The monoisotopic (exact) mass is 178 g/mol. The first-order valence-corrected chi connectivity index (χ1v) is 5.10. The van der Waals surface area contributed by atoms with Crippen LogP contribution in [0, 0.1) is 5.92 Å². The molecule has 0 aromatic carbocycles. The Hall–Kier alpha value is -0.760. The van der Waals surface area contributed by atoms with Crippen molar-refractivity contribution in [2.75, 3.05) is 0 Å². The lowest BCUT2D eigenvalue weighted by atomic mass is 10.2. The summed E-state index contributed by atoms with van der Waals surface area (Å²) in [5.74, 6) is 0.948. The number of aromatic nitrogens is 1. The lowest BCUT2D eigenvalue weighted by Crippen LogP contribution is -2.27. The van der Waals surface area contributed by atoms with E-state index in [-0.39, 0.29) is 0 Å². The topological polar surface area (TPSA) is 17.0 Å². The van der Waals surface area contributed by atoms with Crippen molar-refractivity contribution in [2.24, 2.45) is 13.0 Å². The summed E-state index contributed by atoms with van der Waals surface area (Å²) in [5.41, 5.74) is 1.38. The third kappa shape index (κ3) is 2.34. The molecule has 2 nitrogen and oxygen atoms in total. The second-order valence-electron chi connectivity index (χ2n) is 4.19. The SMILES string of the molecule is CC(NCc1ccn(C)c1)C1CC1. The van der Waals surface area contributed by atoms with Gasteiger partial charge >= 0.3 is 0 Å². The van der Waals surface area contributed by atoms with Crippen molar-refractivity contribution in [1.29, 1.82) is 0 Å². The maximum atomic E-state index is 3.56. The van der Waals surface area contributed by atoms with Crippen LogP contribution in [-0.2, 0) is 13.6 Å². The fourth-order valence-corrected chi connectivity index (χ4v) is 1.71. The number of hydrogen-bond donors (Lipinski definition) is 1. The van der Waals surface area contributed by atoms with Gasteiger partial charge in [-0.25, -0.2) is 0 Å². The first kappa shape index (κ1) is 8.82. The van der Waals surface area contributed by atoms with Crippen LogP contribution >= 0.6 is 0 Å². The van der Waals surface area contributed by atoms with Gasteiger partial charge in [0, 0.05) is 32.0 Å². The first-order chi connectivity index (χ1) is 6.25. The largest absolute Gasteiger partial charge is 0.357 e. The molecular formula is C11H18N2. The van der Waals surface area contributed by atoms with E-state index in [1.54, 1.807) is 0 Å². The highest BCUT2D eigenvalue weighted by Crippen LogP contribution is 2.32. The quantitative estimate of drug-likeness (QED) is 0.745. The van der Waals surface area contributed by atoms with Crippen molar-refractivity contribution in [2.45, 2.75) is 32.4 Å². The van der Waals surface area contributed by atoms with E-state index >= 15 is 0 Å². The van der Waals surface area contributed by atoms with Gasteiger partial charge < -0.3 is 9.88 Å². The van der Waals surface area contributed by atoms with Gasteiger partial charge in [-0.3, -0.25) is 0 Å². The summed E-state index contributed by atoms with van der Waals surface area (Å²) in [5, 5.41) is 3.56. The molecule has 0 bridgehead atoms. The molecule has 1 aliphatic rings. The molecule has 1 saturated carbocycles. The average Bonchev–Trinajstić information content (AvgIpc) is 2.87. The zero-order valence-electron chi connectivity index (χ0n) is 8.46. The molecule has 2 heteroatoms. The van der Waals surface area contributed by atoms with Crippen LogP contribution in [0.5, 0.6) is 0 Å². The molecule has 1 heterocycles. The van der Waals surface area contributed by atoms with Gasteiger partial charge in [0.25, 0.3) is 0 Å². The number of rotatable bonds is 4. The molecule has 2 rings (SSSR count). The number of hydrogen-bond acceptors (Lipinski definition) is 1. The summed E-state index contributed by atoms with van der Waals surface area (Å²) in [6.07, 6.45) is 7.11. The smallest absolute Gasteiger partial charge is 0.0223 e. The Morgan fingerprint density at radius 3 is 2.92 bits per heavy atom. The normalized spacial score (nSPS) is 18.9. The van der Waals surface area contributed by atoms with Gasteiger partial charge in [0.1, 0.15) is 0 Å². The van der Waals surface area contributed by atoms with E-state index in [2.05, 4.69) is 42.3 Å². The Labute approximate surface area is 79.9 Å². The highest BCUT2D eigenvalue weighted by atomic mass is 14.9. The molecule has 0 spiro atoms. The molecular weight excluding hydrogens is 160 g/mol. The van der Waals surface area contributed by atoms with Crippen LogP contribution < -0.4 is 5.32 Å². The molecule has 72 valence electrons.